The van der Waals surface area contributed by atoms with Crippen molar-refractivity contribution in [2.45, 2.75) is 75.8 Å². The van der Waals surface area contributed by atoms with Gasteiger partial charge in [0.05, 0.1) is 0 Å². The average molecular weight is 384 g/mol. The molecule has 0 spiro atoms. The summed E-state index contributed by atoms with van der Waals surface area (Å²) in [5.41, 5.74) is 4.28. The van der Waals surface area contributed by atoms with Gasteiger partial charge in [0.15, 0.2) is 0 Å². The van der Waals surface area contributed by atoms with Gasteiger partial charge in [0.25, 0.3) is 0 Å². The molecule has 3 atom stereocenters. The monoisotopic (exact) mass is 383 g/mol. The molecule has 0 radical (unpaired) electrons. The van der Waals surface area contributed by atoms with Crippen LogP contribution in [0.4, 0.5) is 0 Å². The van der Waals surface area contributed by atoms with E-state index in [2.05, 4.69) is 73.5 Å². The second kappa shape index (κ2) is 10.3. The third kappa shape index (κ3) is 5.83. The lowest BCUT2D eigenvalue weighted by Crippen LogP contribution is -2.31. The highest BCUT2D eigenvalue weighted by Crippen LogP contribution is 2.36. The lowest BCUT2D eigenvalue weighted by molar-refractivity contribution is 0.216. The predicted octanol–water partition coefficient (Wildman–Crippen LogP) is 6.79. The van der Waals surface area contributed by atoms with Crippen molar-refractivity contribution in [1.29, 1.82) is 0 Å². The van der Waals surface area contributed by atoms with Crippen molar-refractivity contribution in [3.8, 4) is 0 Å². The maximum atomic E-state index is 6.57. The fourth-order valence-corrected chi connectivity index (χ4v) is 4.89. The van der Waals surface area contributed by atoms with E-state index >= 15 is 0 Å². The van der Waals surface area contributed by atoms with E-state index < -0.39 is 0 Å². The van der Waals surface area contributed by atoms with Crippen molar-refractivity contribution in [3.05, 3.63) is 71.3 Å². The van der Waals surface area contributed by atoms with Gasteiger partial charge in [-0.1, -0.05) is 74.4 Å². The summed E-state index contributed by atoms with van der Waals surface area (Å²) < 4.78 is 0. The van der Waals surface area contributed by atoms with Crippen LogP contribution in [0.3, 0.4) is 0 Å². The minimum Gasteiger partial charge on any atom is -0.299 e. The number of nitrogens with zero attached hydrogens (tertiary/aromatic N) is 1. The summed E-state index contributed by atoms with van der Waals surface area (Å²) in [5, 5.41) is 0.320. The van der Waals surface area contributed by atoms with Crippen LogP contribution in [0.25, 0.3) is 0 Å². The van der Waals surface area contributed by atoms with Crippen molar-refractivity contribution >= 4 is 11.6 Å². The molecule has 0 amide bonds. The van der Waals surface area contributed by atoms with Gasteiger partial charge in [-0.25, -0.2) is 0 Å². The minimum atomic E-state index is 0.320. The van der Waals surface area contributed by atoms with Crippen LogP contribution in [0, 0.1) is 0 Å². The maximum absolute atomic E-state index is 6.57. The summed E-state index contributed by atoms with van der Waals surface area (Å²) in [6.45, 7) is 3.33. The van der Waals surface area contributed by atoms with E-state index in [0.29, 0.717) is 17.3 Å². The highest BCUT2D eigenvalue weighted by atomic mass is 35.5. The van der Waals surface area contributed by atoms with Crippen LogP contribution < -0.4 is 0 Å². The van der Waals surface area contributed by atoms with E-state index in [1.54, 1.807) is 0 Å². The third-order valence-electron chi connectivity index (χ3n) is 6.23. The van der Waals surface area contributed by atoms with Gasteiger partial charge in [-0.2, -0.15) is 0 Å². The van der Waals surface area contributed by atoms with Crippen LogP contribution in [0.2, 0.25) is 0 Å². The van der Waals surface area contributed by atoms with Crippen molar-refractivity contribution in [3.63, 3.8) is 0 Å². The zero-order valence-electron chi connectivity index (χ0n) is 16.9. The van der Waals surface area contributed by atoms with Crippen molar-refractivity contribution in [2.75, 3.05) is 7.05 Å². The average Bonchev–Trinajstić information content (AvgIpc) is 2.70. The molecule has 0 bridgehead atoms. The van der Waals surface area contributed by atoms with E-state index in [-0.39, 0.29) is 0 Å². The summed E-state index contributed by atoms with van der Waals surface area (Å²) in [7, 11) is 2.26. The minimum absolute atomic E-state index is 0.320. The number of hydrogen-bond acceptors (Lipinski definition) is 1. The molecule has 1 nitrogen and oxygen atoms in total. The Kier molecular flexibility index (Phi) is 7.79. The molecule has 27 heavy (non-hydrogen) atoms. The third-order valence-corrected chi connectivity index (χ3v) is 6.75. The number of hydrogen-bond donors (Lipinski definition) is 0. The van der Waals surface area contributed by atoms with E-state index in [1.165, 1.54) is 55.2 Å². The normalized spacial score (nSPS) is 21.3. The molecule has 1 fully saturated rings. The van der Waals surface area contributed by atoms with Crippen LogP contribution in [0.5, 0.6) is 0 Å². The quantitative estimate of drug-likeness (QED) is 0.453. The number of halogens is 1. The van der Waals surface area contributed by atoms with Gasteiger partial charge in [0, 0.05) is 23.9 Å². The lowest BCUT2D eigenvalue weighted by atomic mass is 9.83. The maximum Gasteiger partial charge on any atom is 0.0404 e. The van der Waals surface area contributed by atoms with Gasteiger partial charge in [0.1, 0.15) is 0 Å². The molecule has 3 unspecified atom stereocenters. The summed E-state index contributed by atoms with van der Waals surface area (Å²) in [6.07, 6.45) is 8.57. The molecule has 1 saturated carbocycles. The fourth-order valence-electron chi connectivity index (χ4n) is 4.46. The predicted molar refractivity (Wildman–Crippen MR) is 118 cm³/mol. The summed E-state index contributed by atoms with van der Waals surface area (Å²) in [6, 6.07) is 20.7. The van der Waals surface area contributed by atoms with E-state index in [0.717, 1.165) is 13.0 Å². The molecule has 0 saturated heterocycles. The Morgan fingerprint density at radius 1 is 0.963 bits per heavy atom. The summed E-state index contributed by atoms with van der Waals surface area (Å²) in [5.74, 6) is 0.551. The van der Waals surface area contributed by atoms with Crippen LogP contribution in [0.1, 0.15) is 68.1 Å². The number of benzene rings is 2. The summed E-state index contributed by atoms with van der Waals surface area (Å²) in [4.78, 5) is 2.50. The smallest absolute Gasteiger partial charge is 0.0404 e. The summed E-state index contributed by atoms with van der Waals surface area (Å²) >= 11 is 6.57. The first-order valence-electron chi connectivity index (χ1n) is 10.6. The molecule has 0 heterocycles. The zero-order valence-corrected chi connectivity index (χ0v) is 17.7. The molecule has 0 aliphatic heterocycles. The molecule has 3 rings (SSSR count). The molecule has 1 aliphatic rings. The molecule has 146 valence electrons. The number of rotatable bonds is 8. The first kappa shape index (κ1) is 20.4. The molecule has 0 N–H and O–H groups in total. The Labute approximate surface area is 170 Å². The van der Waals surface area contributed by atoms with Gasteiger partial charge < -0.3 is 0 Å². The van der Waals surface area contributed by atoms with Gasteiger partial charge in [0.2, 0.25) is 0 Å². The second-order valence-corrected chi connectivity index (χ2v) is 8.71. The van der Waals surface area contributed by atoms with Gasteiger partial charge in [-0.15, -0.1) is 11.6 Å². The number of alkyl halides is 1. The second-order valence-electron chi connectivity index (χ2n) is 8.15. The SMILES string of the molecule is CCC(CCc1ccc(C2CCCCC2Cl)cc1)N(C)Cc1ccccc1. The molecule has 2 aromatic carbocycles. The Morgan fingerprint density at radius 2 is 1.67 bits per heavy atom. The van der Waals surface area contributed by atoms with Crippen LogP contribution in [0.15, 0.2) is 54.6 Å². The highest BCUT2D eigenvalue weighted by molar-refractivity contribution is 6.21. The van der Waals surface area contributed by atoms with E-state index in [1.807, 2.05) is 0 Å². The Hall–Kier alpha value is -1.31. The zero-order chi connectivity index (χ0) is 19.1. The molecular weight excluding hydrogens is 350 g/mol. The first-order chi connectivity index (χ1) is 13.2. The van der Waals surface area contributed by atoms with Gasteiger partial charge >= 0.3 is 0 Å². The molecule has 2 aromatic rings. The Bertz CT molecular complexity index is 666. The first-order valence-corrected chi connectivity index (χ1v) is 11.1. The van der Waals surface area contributed by atoms with Gasteiger partial charge in [-0.05, 0) is 55.8 Å². The van der Waals surface area contributed by atoms with Gasteiger partial charge in [-0.3, -0.25) is 4.90 Å². The molecule has 0 aromatic heterocycles. The topological polar surface area (TPSA) is 3.24 Å². The Morgan fingerprint density at radius 3 is 2.33 bits per heavy atom. The van der Waals surface area contributed by atoms with E-state index in [4.69, 9.17) is 11.6 Å². The van der Waals surface area contributed by atoms with Crippen molar-refractivity contribution in [2.24, 2.45) is 0 Å². The number of aryl methyl sites for hydroxylation is 1. The Balaban J connectivity index is 1.53. The van der Waals surface area contributed by atoms with Crippen LogP contribution in [-0.4, -0.2) is 23.4 Å². The fraction of sp³-hybridized carbons (Fsp3) is 0.520. The molecule has 1 aliphatic carbocycles. The highest BCUT2D eigenvalue weighted by Gasteiger charge is 2.24. The van der Waals surface area contributed by atoms with Crippen molar-refractivity contribution in [1.82, 2.24) is 4.90 Å². The van der Waals surface area contributed by atoms with Crippen LogP contribution in [-0.2, 0) is 13.0 Å². The molecule has 2 heteroatoms. The standard InChI is InChI=1S/C25H34ClN/c1-3-23(27(2)19-21-9-5-4-6-10-21)18-15-20-13-16-22(17-14-20)24-11-7-8-12-25(24)26/h4-6,9-10,13-14,16-17,23-25H,3,7-8,11-12,15,18-19H2,1-2H3. The van der Waals surface area contributed by atoms with E-state index in [9.17, 15) is 0 Å². The molecular formula is C25H34ClN. The van der Waals surface area contributed by atoms with Crippen molar-refractivity contribution < 1.29 is 0 Å². The lowest BCUT2D eigenvalue weighted by Gasteiger charge is -2.28. The largest absolute Gasteiger partial charge is 0.299 e. The van der Waals surface area contributed by atoms with Crippen LogP contribution >= 0.6 is 11.6 Å².